The van der Waals surface area contributed by atoms with Gasteiger partial charge in [-0.05, 0) is 49.6 Å². The molecule has 0 unspecified atom stereocenters. The molecular formula is C12H7Br2FOS. The lowest BCUT2D eigenvalue weighted by molar-refractivity contribution is 0.0995. The molecule has 0 aliphatic heterocycles. The van der Waals surface area contributed by atoms with Crippen molar-refractivity contribution in [2.45, 2.75) is 6.42 Å². The van der Waals surface area contributed by atoms with Gasteiger partial charge < -0.3 is 0 Å². The highest BCUT2D eigenvalue weighted by atomic mass is 79.9. The summed E-state index contributed by atoms with van der Waals surface area (Å²) >= 11 is 8.00. The van der Waals surface area contributed by atoms with Crippen LogP contribution in [0.1, 0.15) is 15.2 Å². The Bertz CT molecular complexity index is 546. The van der Waals surface area contributed by atoms with E-state index in [0.717, 1.165) is 8.26 Å². The number of thiophene rings is 1. The van der Waals surface area contributed by atoms with Crippen LogP contribution < -0.4 is 0 Å². The van der Waals surface area contributed by atoms with Crippen molar-refractivity contribution < 1.29 is 9.18 Å². The summed E-state index contributed by atoms with van der Waals surface area (Å²) in [6, 6.07) is 8.08. The number of Topliss-reactive ketones (excluding diaryl/α,β-unsaturated/α-hetero) is 1. The predicted molar refractivity (Wildman–Crippen MR) is 74.2 cm³/mol. The first-order chi connectivity index (χ1) is 8.08. The monoisotopic (exact) mass is 376 g/mol. The summed E-state index contributed by atoms with van der Waals surface area (Å²) in [7, 11) is 0. The lowest BCUT2D eigenvalue weighted by Crippen LogP contribution is -2.02. The van der Waals surface area contributed by atoms with Gasteiger partial charge >= 0.3 is 0 Å². The smallest absolute Gasteiger partial charge is 0.177 e. The van der Waals surface area contributed by atoms with E-state index in [1.165, 1.54) is 17.4 Å². The van der Waals surface area contributed by atoms with Gasteiger partial charge in [0.2, 0.25) is 0 Å². The third kappa shape index (κ3) is 3.03. The molecule has 0 aliphatic carbocycles. The van der Waals surface area contributed by atoms with Gasteiger partial charge in [-0.3, -0.25) is 4.79 Å². The average Bonchev–Trinajstić information content (AvgIpc) is 2.63. The van der Waals surface area contributed by atoms with Crippen molar-refractivity contribution in [2.24, 2.45) is 0 Å². The summed E-state index contributed by atoms with van der Waals surface area (Å²) in [5.41, 5.74) is 0.429. The molecule has 1 aromatic heterocycles. The predicted octanol–water partition coefficient (Wildman–Crippen LogP) is 4.84. The Morgan fingerprint density at radius 3 is 2.59 bits per heavy atom. The number of hydrogen-bond donors (Lipinski definition) is 0. The maximum Gasteiger partial charge on any atom is 0.177 e. The molecule has 1 aromatic carbocycles. The van der Waals surface area contributed by atoms with E-state index in [4.69, 9.17) is 0 Å². The summed E-state index contributed by atoms with van der Waals surface area (Å²) in [6.07, 6.45) is 0.0894. The van der Waals surface area contributed by atoms with Gasteiger partial charge in [0.05, 0.1) is 8.66 Å². The molecule has 0 radical (unpaired) electrons. The summed E-state index contributed by atoms with van der Waals surface area (Å²) in [5.74, 6) is -0.415. The third-order valence-corrected chi connectivity index (χ3v) is 5.53. The van der Waals surface area contributed by atoms with Crippen LogP contribution in [0.3, 0.4) is 0 Å². The minimum atomic E-state index is -0.337. The van der Waals surface area contributed by atoms with Crippen LogP contribution in [0.2, 0.25) is 0 Å². The molecule has 2 aromatic rings. The molecule has 0 aliphatic rings. The Labute approximate surface area is 119 Å². The maximum absolute atomic E-state index is 13.4. The van der Waals surface area contributed by atoms with Crippen LogP contribution in [0.5, 0.6) is 0 Å². The SMILES string of the molecule is O=C(Cc1ccccc1F)c1cc(Br)c(Br)s1. The molecule has 2 rings (SSSR count). The van der Waals surface area contributed by atoms with Gasteiger partial charge in [0.15, 0.2) is 5.78 Å². The van der Waals surface area contributed by atoms with Crippen LogP contribution in [-0.2, 0) is 6.42 Å². The highest BCUT2D eigenvalue weighted by Gasteiger charge is 2.14. The van der Waals surface area contributed by atoms with E-state index in [-0.39, 0.29) is 18.0 Å². The van der Waals surface area contributed by atoms with Crippen LogP contribution in [0.25, 0.3) is 0 Å². The summed E-state index contributed by atoms with van der Waals surface area (Å²) in [6.45, 7) is 0. The molecular weight excluding hydrogens is 371 g/mol. The summed E-state index contributed by atoms with van der Waals surface area (Å²) < 4.78 is 15.1. The van der Waals surface area contributed by atoms with E-state index < -0.39 is 0 Å². The minimum Gasteiger partial charge on any atom is -0.293 e. The fourth-order valence-electron chi connectivity index (χ4n) is 1.39. The fraction of sp³-hybridized carbons (Fsp3) is 0.0833. The molecule has 17 heavy (non-hydrogen) atoms. The Hall–Kier alpha value is -0.520. The lowest BCUT2D eigenvalue weighted by atomic mass is 10.1. The van der Waals surface area contributed by atoms with E-state index in [1.54, 1.807) is 24.3 Å². The number of ketones is 1. The van der Waals surface area contributed by atoms with Crippen molar-refractivity contribution >= 4 is 49.0 Å². The van der Waals surface area contributed by atoms with Crippen molar-refractivity contribution in [2.75, 3.05) is 0 Å². The van der Waals surface area contributed by atoms with Gasteiger partial charge in [0.25, 0.3) is 0 Å². The molecule has 0 saturated carbocycles. The van der Waals surface area contributed by atoms with Crippen LogP contribution >= 0.6 is 43.2 Å². The van der Waals surface area contributed by atoms with Gasteiger partial charge in [-0.1, -0.05) is 18.2 Å². The van der Waals surface area contributed by atoms with Crippen molar-refractivity contribution in [1.29, 1.82) is 0 Å². The number of hydrogen-bond acceptors (Lipinski definition) is 2. The van der Waals surface area contributed by atoms with Crippen molar-refractivity contribution in [3.63, 3.8) is 0 Å². The number of rotatable bonds is 3. The lowest BCUT2D eigenvalue weighted by Gasteiger charge is -2.00. The zero-order chi connectivity index (χ0) is 12.4. The van der Waals surface area contributed by atoms with Gasteiger partial charge in [-0.25, -0.2) is 4.39 Å². The third-order valence-electron chi connectivity index (χ3n) is 2.23. The highest BCUT2D eigenvalue weighted by molar-refractivity contribution is 9.13. The molecule has 0 saturated heterocycles. The van der Waals surface area contributed by atoms with Crippen molar-refractivity contribution in [3.8, 4) is 0 Å². The van der Waals surface area contributed by atoms with Crippen LogP contribution in [0.4, 0.5) is 4.39 Å². The van der Waals surface area contributed by atoms with Gasteiger partial charge in [-0.15, -0.1) is 11.3 Å². The molecule has 0 bridgehead atoms. The standard InChI is InChI=1S/C12H7Br2FOS/c13-8-6-11(17-12(8)14)10(16)5-7-3-1-2-4-9(7)15/h1-4,6H,5H2. The summed E-state index contributed by atoms with van der Waals surface area (Å²) in [4.78, 5) is 12.6. The molecule has 1 heterocycles. The second kappa shape index (κ2) is 5.42. The van der Waals surface area contributed by atoms with E-state index in [0.29, 0.717) is 10.4 Å². The average molecular weight is 378 g/mol. The van der Waals surface area contributed by atoms with Crippen molar-refractivity contribution in [1.82, 2.24) is 0 Å². The van der Waals surface area contributed by atoms with Crippen LogP contribution in [0, 0.1) is 5.82 Å². The number of halogens is 3. The minimum absolute atomic E-state index is 0.0773. The molecule has 0 spiro atoms. The zero-order valence-corrected chi connectivity index (χ0v) is 12.5. The van der Waals surface area contributed by atoms with Crippen LogP contribution in [-0.4, -0.2) is 5.78 Å². The Balaban J connectivity index is 2.20. The topological polar surface area (TPSA) is 17.1 Å². The van der Waals surface area contributed by atoms with Crippen molar-refractivity contribution in [3.05, 3.63) is 54.8 Å². The van der Waals surface area contributed by atoms with Gasteiger partial charge in [0, 0.05) is 10.9 Å². The first-order valence-electron chi connectivity index (χ1n) is 4.79. The second-order valence-electron chi connectivity index (χ2n) is 3.42. The number of carbonyl (C=O) groups excluding carboxylic acids is 1. The molecule has 0 fully saturated rings. The molecule has 0 atom stereocenters. The maximum atomic E-state index is 13.4. The Morgan fingerprint density at radius 1 is 1.29 bits per heavy atom. The Kier molecular flexibility index (Phi) is 4.12. The fourth-order valence-corrected chi connectivity index (χ4v) is 3.36. The quantitative estimate of drug-likeness (QED) is 0.699. The van der Waals surface area contributed by atoms with E-state index in [9.17, 15) is 9.18 Å². The number of benzene rings is 1. The van der Waals surface area contributed by atoms with E-state index in [1.807, 2.05) is 0 Å². The molecule has 0 N–H and O–H groups in total. The largest absolute Gasteiger partial charge is 0.293 e. The molecule has 5 heteroatoms. The van der Waals surface area contributed by atoms with Gasteiger partial charge in [-0.2, -0.15) is 0 Å². The first-order valence-corrected chi connectivity index (χ1v) is 7.19. The van der Waals surface area contributed by atoms with E-state index in [2.05, 4.69) is 31.9 Å². The second-order valence-corrected chi connectivity index (χ2v) is 6.65. The number of carbonyl (C=O) groups is 1. The molecule has 1 nitrogen and oxygen atoms in total. The Morgan fingerprint density at radius 2 is 2.00 bits per heavy atom. The van der Waals surface area contributed by atoms with Gasteiger partial charge in [0.1, 0.15) is 5.82 Å². The normalized spacial score (nSPS) is 10.5. The first kappa shape index (κ1) is 12.9. The highest BCUT2D eigenvalue weighted by Crippen LogP contribution is 2.33. The zero-order valence-electron chi connectivity index (χ0n) is 8.54. The van der Waals surface area contributed by atoms with E-state index >= 15 is 0 Å². The molecule has 88 valence electrons. The molecule has 0 amide bonds. The van der Waals surface area contributed by atoms with Crippen LogP contribution in [0.15, 0.2) is 38.6 Å². The summed E-state index contributed by atoms with van der Waals surface area (Å²) in [5, 5.41) is 0.